The summed E-state index contributed by atoms with van der Waals surface area (Å²) >= 11 is 0. The average molecular weight is 228 g/mol. The molecule has 0 spiro atoms. The van der Waals surface area contributed by atoms with Crippen molar-refractivity contribution in [3.05, 3.63) is 35.1 Å². The van der Waals surface area contributed by atoms with E-state index in [1.54, 1.807) is 0 Å². The molecule has 0 saturated carbocycles. The van der Waals surface area contributed by atoms with Gasteiger partial charge in [-0.3, -0.25) is 0 Å². The molecule has 0 aliphatic rings. The predicted molar refractivity (Wildman–Crippen MR) is 54.7 cm³/mol. The molecular weight excluding hydrogens is 215 g/mol. The summed E-state index contributed by atoms with van der Waals surface area (Å²) < 4.78 is 18.1. The van der Waals surface area contributed by atoms with Crippen molar-refractivity contribution in [1.82, 2.24) is 0 Å². The molecule has 1 aromatic rings. The molecule has 16 heavy (non-hydrogen) atoms. The van der Waals surface area contributed by atoms with Gasteiger partial charge in [0, 0.05) is 13.2 Å². The minimum atomic E-state index is -1.17. The van der Waals surface area contributed by atoms with Gasteiger partial charge in [0.15, 0.2) is 0 Å². The quantitative estimate of drug-likeness (QED) is 0.723. The lowest BCUT2D eigenvalue weighted by molar-refractivity contribution is 0.0695. The Bertz CT molecular complexity index is 365. The molecule has 5 heteroatoms. The van der Waals surface area contributed by atoms with E-state index in [1.165, 1.54) is 12.1 Å². The van der Waals surface area contributed by atoms with Crippen LogP contribution in [0.3, 0.4) is 0 Å². The van der Waals surface area contributed by atoms with E-state index >= 15 is 0 Å². The Morgan fingerprint density at radius 2 is 2.12 bits per heavy atom. The molecule has 1 aromatic carbocycles. The van der Waals surface area contributed by atoms with E-state index in [9.17, 15) is 9.18 Å². The summed E-state index contributed by atoms with van der Waals surface area (Å²) in [6.07, 6.45) is 0.501. The molecule has 0 atom stereocenters. The number of hydrogen-bond acceptors (Lipinski definition) is 3. The van der Waals surface area contributed by atoms with E-state index < -0.39 is 11.8 Å². The van der Waals surface area contributed by atoms with Crippen molar-refractivity contribution in [3.63, 3.8) is 0 Å². The van der Waals surface area contributed by atoms with Crippen LogP contribution in [-0.4, -0.2) is 29.4 Å². The van der Waals surface area contributed by atoms with Gasteiger partial charge in [-0.2, -0.15) is 0 Å². The third-order valence-corrected chi connectivity index (χ3v) is 1.92. The van der Waals surface area contributed by atoms with Crippen LogP contribution in [0.25, 0.3) is 0 Å². The van der Waals surface area contributed by atoms with Crippen LogP contribution in [0.4, 0.5) is 4.39 Å². The molecule has 4 nitrogen and oxygen atoms in total. The molecule has 0 unspecified atom stereocenters. The summed E-state index contributed by atoms with van der Waals surface area (Å²) in [6.45, 7) is 0.525. The lowest BCUT2D eigenvalue weighted by Crippen LogP contribution is -2.02. The van der Waals surface area contributed by atoms with Crippen molar-refractivity contribution in [2.75, 3.05) is 13.2 Å². The molecule has 0 heterocycles. The van der Waals surface area contributed by atoms with Crippen LogP contribution in [0.1, 0.15) is 22.3 Å². The molecule has 0 aliphatic carbocycles. The van der Waals surface area contributed by atoms with E-state index in [2.05, 4.69) is 0 Å². The molecule has 0 bridgehead atoms. The number of aliphatic hydroxyl groups is 1. The minimum absolute atomic E-state index is 0.0313. The van der Waals surface area contributed by atoms with Crippen LogP contribution >= 0.6 is 0 Å². The van der Waals surface area contributed by atoms with Crippen LogP contribution in [0.15, 0.2) is 18.2 Å². The molecule has 88 valence electrons. The molecular formula is C11H13FO4. The summed E-state index contributed by atoms with van der Waals surface area (Å²) in [5.74, 6) is -1.77. The summed E-state index contributed by atoms with van der Waals surface area (Å²) in [7, 11) is 0. The van der Waals surface area contributed by atoms with Crippen molar-refractivity contribution in [2.24, 2.45) is 0 Å². The zero-order valence-electron chi connectivity index (χ0n) is 8.65. The Hall–Kier alpha value is -1.46. The third kappa shape index (κ3) is 3.96. The number of benzene rings is 1. The Morgan fingerprint density at radius 1 is 1.38 bits per heavy atom. The molecule has 1 rings (SSSR count). The average Bonchev–Trinajstić information content (AvgIpc) is 2.23. The van der Waals surface area contributed by atoms with E-state index in [0.29, 0.717) is 18.6 Å². The van der Waals surface area contributed by atoms with Crippen LogP contribution in [0.2, 0.25) is 0 Å². The summed E-state index contributed by atoms with van der Waals surface area (Å²) in [5, 5.41) is 17.2. The fraction of sp³-hybridized carbons (Fsp3) is 0.364. The number of halogens is 1. The van der Waals surface area contributed by atoms with E-state index in [4.69, 9.17) is 14.9 Å². The zero-order valence-corrected chi connectivity index (χ0v) is 8.65. The van der Waals surface area contributed by atoms with Gasteiger partial charge in [0.1, 0.15) is 5.82 Å². The highest BCUT2D eigenvalue weighted by Crippen LogP contribution is 2.10. The van der Waals surface area contributed by atoms with Gasteiger partial charge < -0.3 is 14.9 Å². The second kappa shape index (κ2) is 6.19. The second-order valence-electron chi connectivity index (χ2n) is 3.28. The molecule has 0 aliphatic heterocycles. The first-order chi connectivity index (χ1) is 7.63. The van der Waals surface area contributed by atoms with Crippen LogP contribution < -0.4 is 0 Å². The molecule has 0 saturated heterocycles. The maximum absolute atomic E-state index is 13.0. The summed E-state index contributed by atoms with van der Waals surface area (Å²) in [6, 6.07) is 3.55. The highest BCUT2D eigenvalue weighted by atomic mass is 19.1. The van der Waals surface area contributed by atoms with E-state index in [1.807, 2.05) is 0 Å². The largest absolute Gasteiger partial charge is 0.478 e. The zero-order chi connectivity index (χ0) is 12.0. The fourth-order valence-electron chi connectivity index (χ4n) is 1.21. The number of aliphatic hydroxyl groups excluding tert-OH is 1. The van der Waals surface area contributed by atoms with Gasteiger partial charge >= 0.3 is 5.97 Å². The highest BCUT2D eigenvalue weighted by Gasteiger charge is 2.06. The fourth-order valence-corrected chi connectivity index (χ4v) is 1.21. The Morgan fingerprint density at radius 3 is 2.75 bits per heavy atom. The first-order valence-corrected chi connectivity index (χ1v) is 4.85. The maximum Gasteiger partial charge on any atom is 0.335 e. The Balaban J connectivity index is 2.62. The number of aromatic carboxylic acids is 1. The van der Waals surface area contributed by atoms with E-state index in [-0.39, 0.29) is 18.8 Å². The number of carbonyl (C=O) groups is 1. The van der Waals surface area contributed by atoms with Crippen molar-refractivity contribution in [1.29, 1.82) is 0 Å². The lowest BCUT2D eigenvalue weighted by Gasteiger charge is -2.04. The summed E-state index contributed by atoms with van der Waals surface area (Å²) in [5.41, 5.74) is 0.371. The summed E-state index contributed by atoms with van der Waals surface area (Å²) in [4.78, 5) is 10.6. The Kier molecular flexibility index (Phi) is 4.88. The van der Waals surface area contributed by atoms with Crippen molar-refractivity contribution < 1.29 is 24.1 Å². The number of carboxylic acid groups (broad SMARTS) is 1. The first-order valence-electron chi connectivity index (χ1n) is 4.85. The predicted octanol–water partition coefficient (Wildman–Crippen LogP) is 1.42. The van der Waals surface area contributed by atoms with Crippen molar-refractivity contribution in [2.45, 2.75) is 13.0 Å². The van der Waals surface area contributed by atoms with Gasteiger partial charge in [0.2, 0.25) is 0 Å². The van der Waals surface area contributed by atoms with Gasteiger partial charge in [0.25, 0.3) is 0 Å². The first kappa shape index (κ1) is 12.6. The standard InChI is InChI=1S/C11H13FO4/c12-10-5-8(7-16-3-1-2-13)4-9(6-10)11(14)15/h4-6,13H,1-3,7H2,(H,14,15). The normalized spacial score (nSPS) is 10.4. The third-order valence-electron chi connectivity index (χ3n) is 1.92. The molecule has 0 radical (unpaired) electrons. The Labute approximate surface area is 92.3 Å². The van der Waals surface area contributed by atoms with Crippen molar-refractivity contribution >= 4 is 5.97 Å². The number of hydrogen-bond donors (Lipinski definition) is 2. The van der Waals surface area contributed by atoms with Gasteiger partial charge in [-0.25, -0.2) is 9.18 Å². The highest BCUT2D eigenvalue weighted by molar-refractivity contribution is 5.87. The smallest absolute Gasteiger partial charge is 0.335 e. The molecule has 0 aromatic heterocycles. The minimum Gasteiger partial charge on any atom is -0.478 e. The lowest BCUT2D eigenvalue weighted by atomic mass is 10.1. The van der Waals surface area contributed by atoms with Crippen LogP contribution in [0, 0.1) is 5.82 Å². The van der Waals surface area contributed by atoms with Crippen LogP contribution in [-0.2, 0) is 11.3 Å². The monoisotopic (exact) mass is 228 g/mol. The second-order valence-corrected chi connectivity index (χ2v) is 3.28. The topological polar surface area (TPSA) is 66.8 Å². The van der Waals surface area contributed by atoms with Gasteiger partial charge in [-0.15, -0.1) is 0 Å². The van der Waals surface area contributed by atoms with Gasteiger partial charge in [0.05, 0.1) is 12.2 Å². The van der Waals surface area contributed by atoms with Crippen molar-refractivity contribution in [3.8, 4) is 0 Å². The van der Waals surface area contributed by atoms with Gasteiger partial charge in [-0.05, 0) is 30.2 Å². The van der Waals surface area contributed by atoms with E-state index in [0.717, 1.165) is 6.07 Å². The van der Waals surface area contributed by atoms with Crippen LogP contribution in [0.5, 0.6) is 0 Å². The maximum atomic E-state index is 13.0. The number of rotatable bonds is 6. The SMILES string of the molecule is O=C(O)c1cc(F)cc(COCCCO)c1. The molecule has 0 amide bonds. The number of ether oxygens (including phenoxy) is 1. The number of carboxylic acids is 1. The van der Waals surface area contributed by atoms with Gasteiger partial charge in [-0.1, -0.05) is 0 Å². The molecule has 0 fully saturated rings. The molecule has 2 N–H and O–H groups in total.